The van der Waals surface area contributed by atoms with E-state index in [9.17, 15) is 38.7 Å². The summed E-state index contributed by atoms with van der Waals surface area (Å²) < 4.78 is 47.2. The topological polar surface area (TPSA) is 212 Å². The average molecular weight is 792 g/mol. The lowest BCUT2D eigenvalue weighted by molar-refractivity contribution is -0.298. The molecule has 1 rings (SSSR count). The Morgan fingerprint density at radius 1 is 0.759 bits per heavy atom. The number of carbonyl (C=O) groups excluding carboxylic acids is 1. The molecule has 0 aromatic heterocycles. The number of amides is 1. The Morgan fingerprint density at radius 3 is 1.76 bits per heavy atom. The molecule has 0 aromatic rings. The van der Waals surface area contributed by atoms with E-state index >= 15 is 0 Å². The largest absolute Gasteiger partial charge is 0.397 e. The first-order valence-electron chi connectivity index (χ1n) is 20.5. The highest BCUT2D eigenvalue weighted by atomic mass is 32.3. The van der Waals surface area contributed by atoms with E-state index < -0.39 is 78.5 Å². The lowest BCUT2D eigenvalue weighted by Gasteiger charge is -2.41. The number of hydrogen-bond acceptors (Lipinski definition) is 11. The highest BCUT2D eigenvalue weighted by Gasteiger charge is 2.48. The maximum atomic E-state index is 13.0. The zero-order valence-electron chi connectivity index (χ0n) is 32.9. The number of rotatable bonds is 33. The first kappa shape index (κ1) is 50.3. The van der Waals surface area contributed by atoms with Gasteiger partial charge in [-0.15, -0.1) is 0 Å². The van der Waals surface area contributed by atoms with Crippen molar-refractivity contribution in [3.05, 3.63) is 36.5 Å². The number of carbonyl (C=O) groups is 1. The molecule has 1 fully saturated rings. The molecule has 1 amide bonds. The van der Waals surface area contributed by atoms with Gasteiger partial charge in [0.15, 0.2) is 6.29 Å². The molecule has 316 valence electrons. The molecule has 0 aromatic carbocycles. The van der Waals surface area contributed by atoms with Crippen LogP contribution in [0.25, 0.3) is 0 Å². The first-order chi connectivity index (χ1) is 25.9. The SMILES string of the molecule is CC/C=C/CC/C=C/CC/C=C/C(O)C(COC1OC(CO)C(O)C(OS(=O)(=O)O)C1O)NC(=O)C(O)CCCCCCCCCCCCCCCCC. The van der Waals surface area contributed by atoms with E-state index in [1.807, 2.05) is 6.08 Å². The highest BCUT2D eigenvalue weighted by molar-refractivity contribution is 7.80. The lowest BCUT2D eigenvalue weighted by atomic mass is 9.99. The molecule has 0 bridgehead atoms. The Hall–Kier alpha value is -1.72. The van der Waals surface area contributed by atoms with Gasteiger partial charge in [-0.25, -0.2) is 4.18 Å². The lowest BCUT2D eigenvalue weighted by Crippen LogP contribution is -2.61. The van der Waals surface area contributed by atoms with E-state index in [1.54, 1.807) is 6.08 Å². The summed E-state index contributed by atoms with van der Waals surface area (Å²) in [5, 5.41) is 54.8. The van der Waals surface area contributed by atoms with Crippen molar-refractivity contribution in [3.63, 3.8) is 0 Å². The summed E-state index contributed by atoms with van der Waals surface area (Å²) >= 11 is 0. The van der Waals surface area contributed by atoms with Crippen molar-refractivity contribution in [2.24, 2.45) is 0 Å². The first-order valence-corrected chi connectivity index (χ1v) is 21.8. The average Bonchev–Trinajstić information content (AvgIpc) is 3.14. The van der Waals surface area contributed by atoms with Gasteiger partial charge < -0.3 is 40.3 Å². The predicted octanol–water partition coefficient (Wildman–Crippen LogP) is 5.74. The molecule has 1 heterocycles. The quantitative estimate of drug-likeness (QED) is 0.0241. The number of allylic oxidation sites excluding steroid dienone is 5. The smallest absolute Gasteiger partial charge is 0.394 e. The maximum absolute atomic E-state index is 13.0. The van der Waals surface area contributed by atoms with Crippen LogP contribution in [0.5, 0.6) is 0 Å². The fraction of sp³-hybridized carbons (Fsp3) is 0.825. The molecule has 0 saturated carbocycles. The van der Waals surface area contributed by atoms with Crippen molar-refractivity contribution in [1.82, 2.24) is 5.32 Å². The van der Waals surface area contributed by atoms with E-state index in [4.69, 9.17) is 14.0 Å². The van der Waals surface area contributed by atoms with Gasteiger partial charge in [-0.2, -0.15) is 8.42 Å². The van der Waals surface area contributed by atoms with Gasteiger partial charge in [0.1, 0.15) is 30.5 Å². The number of unbranched alkanes of at least 4 members (excludes halogenated alkanes) is 16. The molecule has 0 aliphatic carbocycles. The standard InChI is InChI=1S/C40H73NO12S/c1-3-5-7-9-11-13-15-16-17-18-19-21-23-25-27-29-34(44)39(47)41-32(33(43)28-26-24-22-20-14-12-10-8-6-4-2)31-51-40-37(46)38(53-54(48,49)50)36(45)35(30-42)52-40/h6,8,14,20,26,28,32-38,40,42-46H,3-5,7,9-13,15-19,21-25,27,29-31H2,1-2H3,(H,41,47)(H,48,49,50)/b8-6+,20-14+,28-26+. The Morgan fingerprint density at radius 2 is 1.26 bits per heavy atom. The number of nitrogens with one attached hydrogen (secondary N) is 1. The van der Waals surface area contributed by atoms with Crippen LogP contribution in [0.4, 0.5) is 0 Å². The van der Waals surface area contributed by atoms with Crippen LogP contribution >= 0.6 is 0 Å². The number of hydrogen-bond donors (Lipinski definition) is 7. The minimum absolute atomic E-state index is 0.235. The van der Waals surface area contributed by atoms with E-state index in [0.717, 1.165) is 44.9 Å². The minimum atomic E-state index is -5.12. The van der Waals surface area contributed by atoms with Gasteiger partial charge in [0.2, 0.25) is 5.91 Å². The summed E-state index contributed by atoms with van der Waals surface area (Å²) in [6.45, 7) is 3.04. The van der Waals surface area contributed by atoms with Gasteiger partial charge in [0.05, 0.1) is 25.4 Å². The Kier molecular flexibility index (Phi) is 29.2. The molecule has 0 spiro atoms. The second-order valence-electron chi connectivity index (χ2n) is 14.3. The molecule has 0 radical (unpaired) electrons. The monoisotopic (exact) mass is 791 g/mol. The van der Waals surface area contributed by atoms with Crippen molar-refractivity contribution in [3.8, 4) is 0 Å². The molecular weight excluding hydrogens is 719 g/mol. The summed E-state index contributed by atoms with van der Waals surface area (Å²) in [5.41, 5.74) is 0. The van der Waals surface area contributed by atoms with Crippen LogP contribution in [0.2, 0.25) is 0 Å². The summed E-state index contributed by atoms with van der Waals surface area (Å²) in [6.07, 6.45) is 22.6. The molecular formula is C40H73NO12S. The molecule has 13 nitrogen and oxygen atoms in total. The van der Waals surface area contributed by atoms with E-state index in [0.29, 0.717) is 12.8 Å². The summed E-state index contributed by atoms with van der Waals surface area (Å²) in [7, 11) is -5.12. The van der Waals surface area contributed by atoms with Crippen LogP contribution in [-0.2, 0) is 28.9 Å². The van der Waals surface area contributed by atoms with Crippen molar-refractivity contribution in [1.29, 1.82) is 0 Å². The van der Waals surface area contributed by atoms with Crippen molar-refractivity contribution in [2.45, 2.75) is 198 Å². The summed E-state index contributed by atoms with van der Waals surface area (Å²) in [5.74, 6) is -0.720. The van der Waals surface area contributed by atoms with Gasteiger partial charge in [0, 0.05) is 0 Å². The fourth-order valence-corrected chi connectivity index (χ4v) is 6.77. The molecule has 1 aliphatic rings. The zero-order chi connectivity index (χ0) is 40.0. The molecule has 1 aliphatic heterocycles. The van der Waals surface area contributed by atoms with Crippen LogP contribution in [0.3, 0.4) is 0 Å². The number of ether oxygens (including phenoxy) is 2. The van der Waals surface area contributed by atoms with Crippen molar-refractivity contribution in [2.75, 3.05) is 13.2 Å². The second kappa shape index (κ2) is 31.4. The summed E-state index contributed by atoms with van der Waals surface area (Å²) in [4.78, 5) is 13.0. The third kappa shape index (κ3) is 24.0. The normalized spacial score (nSPS) is 22.7. The second-order valence-corrected chi connectivity index (χ2v) is 15.4. The van der Waals surface area contributed by atoms with Crippen molar-refractivity contribution < 1.29 is 57.0 Å². The van der Waals surface area contributed by atoms with Crippen LogP contribution in [-0.4, -0.2) is 107 Å². The zero-order valence-corrected chi connectivity index (χ0v) is 33.7. The van der Waals surface area contributed by atoms with Gasteiger partial charge in [0.25, 0.3) is 0 Å². The van der Waals surface area contributed by atoms with Crippen molar-refractivity contribution >= 4 is 16.3 Å². The number of aliphatic hydroxyl groups is 5. The predicted molar refractivity (Wildman–Crippen MR) is 210 cm³/mol. The van der Waals surface area contributed by atoms with Crippen LogP contribution in [0, 0.1) is 0 Å². The third-order valence-electron chi connectivity index (χ3n) is 9.52. The summed E-state index contributed by atoms with van der Waals surface area (Å²) in [6, 6.07) is -1.14. The number of aliphatic hydroxyl groups excluding tert-OH is 5. The fourth-order valence-electron chi connectivity index (χ4n) is 6.26. The molecule has 54 heavy (non-hydrogen) atoms. The van der Waals surface area contributed by atoms with E-state index in [2.05, 4.69) is 41.6 Å². The third-order valence-corrected chi connectivity index (χ3v) is 9.99. The van der Waals surface area contributed by atoms with Crippen LogP contribution in [0.15, 0.2) is 36.5 Å². The minimum Gasteiger partial charge on any atom is -0.394 e. The molecule has 8 atom stereocenters. The molecule has 1 saturated heterocycles. The van der Waals surface area contributed by atoms with E-state index in [1.165, 1.54) is 76.7 Å². The molecule has 7 N–H and O–H groups in total. The van der Waals surface area contributed by atoms with E-state index in [-0.39, 0.29) is 6.42 Å². The van der Waals surface area contributed by atoms with Crippen LogP contribution in [0.1, 0.15) is 149 Å². The highest BCUT2D eigenvalue weighted by Crippen LogP contribution is 2.26. The maximum Gasteiger partial charge on any atom is 0.397 e. The van der Waals surface area contributed by atoms with Gasteiger partial charge in [-0.1, -0.05) is 147 Å². The van der Waals surface area contributed by atoms with Gasteiger partial charge in [-0.05, 0) is 38.5 Å². The van der Waals surface area contributed by atoms with Gasteiger partial charge >= 0.3 is 10.4 Å². The van der Waals surface area contributed by atoms with Crippen LogP contribution < -0.4 is 5.32 Å². The Labute approximate surface area is 325 Å². The van der Waals surface area contributed by atoms with Gasteiger partial charge in [-0.3, -0.25) is 9.35 Å². The molecule has 14 heteroatoms. The Bertz CT molecular complexity index is 1130. The molecule has 8 unspecified atom stereocenters. The Balaban J connectivity index is 2.65.